The van der Waals surface area contributed by atoms with Gasteiger partial charge in [-0.05, 0) is 24.6 Å². The minimum Gasteiger partial charge on any atom is -0.256 e. The van der Waals surface area contributed by atoms with Crippen molar-refractivity contribution in [2.24, 2.45) is 0 Å². The van der Waals surface area contributed by atoms with E-state index in [1.807, 2.05) is 30.3 Å². The molecule has 0 unspecified atom stereocenters. The van der Waals surface area contributed by atoms with E-state index in [9.17, 15) is 8.42 Å². The molecule has 0 aliphatic heterocycles. The van der Waals surface area contributed by atoms with Crippen molar-refractivity contribution in [1.29, 1.82) is 0 Å². The van der Waals surface area contributed by atoms with Crippen LogP contribution in [0, 0.1) is 0 Å². The standard InChI is InChI=1S/C12H14N2O2S/c1-2-17(15,16)14-9-10-7-11-5-3-4-6-12(11)13-8-10/h3-8,14H,2,9H2,1H3. The van der Waals surface area contributed by atoms with Crippen LogP contribution in [-0.2, 0) is 16.6 Å². The Morgan fingerprint density at radius 1 is 1.29 bits per heavy atom. The minimum absolute atomic E-state index is 0.0913. The number of fused-ring (bicyclic) bond motifs is 1. The molecule has 1 aromatic heterocycles. The van der Waals surface area contributed by atoms with E-state index in [-0.39, 0.29) is 12.3 Å². The second-order valence-corrected chi connectivity index (χ2v) is 5.86. The first-order valence-corrected chi connectivity index (χ1v) is 7.07. The normalized spacial score (nSPS) is 11.8. The van der Waals surface area contributed by atoms with Gasteiger partial charge in [-0.1, -0.05) is 18.2 Å². The Morgan fingerprint density at radius 3 is 2.82 bits per heavy atom. The summed E-state index contributed by atoms with van der Waals surface area (Å²) >= 11 is 0. The molecule has 90 valence electrons. The number of rotatable bonds is 4. The van der Waals surface area contributed by atoms with Crippen LogP contribution in [0.5, 0.6) is 0 Å². The van der Waals surface area contributed by atoms with Crippen LogP contribution in [0.1, 0.15) is 12.5 Å². The highest BCUT2D eigenvalue weighted by Gasteiger charge is 2.06. The summed E-state index contributed by atoms with van der Waals surface area (Å²) < 4.78 is 25.1. The van der Waals surface area contributed by atoms with Gasteiger partial charge in [0, 0.05) is 18.1 Å². The number of nitrogens with zero attached hydrogens (tertiary/aromatic N) is 1. The van der Waals surface area contributed by atoms with E-state index in [1.54, 1.807) is 13.1 Å². The van der Waals surface area contributed by atoms with Crippen LogP contribution in [0.4, 0.5) is 0 Å². The lowest BCUT2D eigenvalue weighted by Crippen LogP contribution is -2.24. The van der Waals surface area contributed by atoms with Crippen molar-refractivity contribution in [3.63, 3.8) is 0 Å². The van der Waals surface area contributed by atoms with Gasteiger partial charge in [-0.25, -0.2) is 13.1 Å². The number of nitrogens with one attached hydrogen (secondary N) is 1. The highest BCUT2D eigenvalue weighted by molar-refractivity contribution is 7.89. The molecule has 0 saturated heterocycles. The summed E-state index contributed by atoms with van der Waals surface area (Å²) in [5.41, 5.74) is 1.77. The predicted octanol–water partition coefficient (Wildman–Crippen LogP) is 1.67. The van der Waals surface area contributed by atoms with Crippen molar-refractivity contribution in [3.05, 3.63) is 42.1 Å². The van der Waals surface area contributed by atoms with Crippen LogP contribution in [0.15, 0.2) is 36.5 Å². The molecule has 0 aliphatic rings. The van der Waals surface area contributed by atoms with Crippen LogP contribution in [-0.4, -0.2) is 19.2 Å². The van der Waals surface area contributed by atoms with E-state index >= 15 is 0 Å². The maximum Gasteiger partial charge on any atom is 0.211 e. The molecule has 1 heterocycles. The Bertz CT molecular complexity index is 623. The second kappa shape index (κ2) is 4.81. The molecule has 17 heavy (non-hydrogen) atoms. The maximum absolute atomic E-state index is 11.3. The summed E-state index contributed by atoms with van der Waals surface area (Å²) in [7, 11) is -3.15. The summed E-state index contributed by atoms with van der Waals surface area (Å²) in [6.45, 7) is 1.90. The summed E-state index contributed by atoms with van der Waals surface area (Å²) in [5, 5.41) is 1.01. The molecule has 2 rings (SSSR count). The molecule has 0 bridgehead atoms. The molecule has 0 atom stereocenters. The Balaban J connectivity index is 2.20. The predicted molar refractivity (Wildman–Crippen MR) is 68.0 cm³/mol. The number of aromatic nitrogens is 1. The third kappa shape index (κ3) is 3.01. The maximum atomic E-state index is 11.3. The number of pyridine rings is 1. The summed E-state index contributed by atoms with van der Waals surface area (Å²) in [6.07, 6.45) is 1.69. The van der Waals surface area contributed by atoms with Gasteiger partial charge in [0.1, 0.15) is 0 Å². The lowest BCUT2D eigenvalue weighted by atomic mass is 10.2. The quantitative estimate of drug-likeness (QED) is 0.898. The van der Waals surface area contributed by atoms with E-state index in [1.165, 1.54) is 0 Å². The van der Waals surface area contributed by atoms with Gasteiger partial charge in [-0.15, -0.1) is 0 Å². The molecule has 0 aliphatic carbocycles. The largest absolute Gasteiger partial charge is 0.256 e. The molecular weight excluding hydrogens is 236 g/mol. The molecule has 1 N–H and O–H groups in total. The first-order valence-electron chi connectivity index (χ1n) is 5.42. The van der Waals surface area contributed by atoms with Crippen LogP contribution in [0.2, 0.25) is 0 Å². The smallest absolute Gasteiger partial charge is 0.211 e. The fourth-order valence-corrected chi connectivity index (χ4v) is 2.10. The van der Waals surface area contributed by atoms with Gasteiger partial charge in [0.05, 0.1) is 11.3 Å². The van der Waals surface area contributed by atoms with E-state index in [2.05, 4.69) is 9.71 Å². The molecule has 0 saturated carbocycles. The first-order chi connectivity index (χ1) is 8.11. The van der Waals surface area contributed by atoms with Crippen LogP contribution >= 0.6 is 0 Å². The van der Waals surface area contributed by atoms with Crippen molar-refractivity contribution in [2.45, 2.75) is 13.5 Å². The minimum atomic E-state index is -3.15. The van der Waals surface area contributed by atoms with Gasteiger partial charge >= 0.3 is 0 Å². The monoisotopic (exact) mass is 250 g/mol. The van der Waals surface area contributed by atoms with Crippen molar-refractivity contribution in [1.82, 2.24) is 9.71 Å². The molecule has 5 heteroatoms. The van der Waals surface area contributed by atoms with Gasteiger partial charge in [-0.2, -0.15) is 0 Å². The van der Waals surface area contributed by atoms with E-state index < -0.39 is 10.0 Å². The number of hydrogen-bond acceptors (Lipinski definition) is 3. The van der Waals surface area contributed by atoms with Gasteiger partial charge in [-0.3, -0.25) is 4.98 Å². The topological polar surface area (TPSA) is 59.1 Å². The first kappa shape index (κ1) is 12.0. The van der Waals surface area contributed by atoms with Crippen LogP contribution < -0.4 is 4.72 Å². The SMILES string of the molecule is CCS(=O)(=O)NCc1cnc2ccccc2c1. The summed E-state index contributed by atoms with van der Waals surface area (Å²) in [4.78, 5) is 4.27. The highest BCUT2D eigenvalue weighted by Crippen LogP contribution is 2.12. The molecule has 0 radical (unpaired) electrons. The lowest BCUT2D eigenvalue weighted by molar-refractivity contribution is 0.582. The Morgan fingerprint density at radius 2 is 2.06 bits per heavy atom. The number of para-hydroxylation sites is 1. The average molecular weight is 250 g/mol. The van der Waals surface area contributed by atoms with Gasteiger partial charge in [0.15, 0.2) is 0 Å². The lowest BCUT2D eigenvalue weighted by Gasteiger charge is -2.05. The number of benzene rings is 1. The van der Waals surface area contributed by atoms with Gasteiger partial charge < -0.3 is 0 Å². The molecule has 0 fully saturated rings. The average Bonchev–Trinajstić information content (AvgIpc) is 2.36. The molecule has 2 aromatic rings. The number of hydrogen-bond donors (Lipinski definition) is 1. The van der Waals surface area contributed by atoms with E-state index in [0.29, 0.717) is 0 Å². The zero-order valence-electron chi connectivity index (χ0n) is 9.55. The Hall–Kier alpha value is -1.46. The highest BCUT2D eigenvalue weighted by atomic mass is 32.2. The van der Waals surface area contributed by atoms with Crippen molar-refractivity contribution in [3.8, 4) is 0 Å². The third-order valence-electron chi connectivity index (χ3n) is 2.52. The third-order valence-corrected chi connectivity index (χ3v) is 3.87. The van der Waals surface area contributed by atoms with Crippen molar-refractivity contribution < 1.29 is 8.42 Å². The van der Waals surface area contributed by atoms with E-state index in [0.717, 1.165) is 16.5 Å². The van der Waals surface area contributed by atoms with Gasteiger partial charge in [0.2, 0.25) is 10.0 Å². The summed E-state index contributed by atoms with van der Waals surface area (Å²) in [6, 6.07) is 9.69. The molecule has 1 aromatic carbocycles. The zero-order chi connectivity index (χ0) is 12.3. The van der Waals surface area contributed by atoms with Crippen LogP contribution in [0.3, 0.4) is 0 Å². The molecule has 0 amide bonds. The number of sulfonamides is 1. The Kier molecular flexibility index (Phi) is 3.40. The second-order valence-electron chi connectivity index (χ2n) is 3.76. The van der Waals surface area contributed by atoms with Crippen molar-refractivity contribution in [2.75, 3.05) is 5.75 Å². The van der Waals surface area contributed by atoms with Crippen LogP contribution in [0.25, 0.3) is 10.9 Å². The Labute approximate surface area is 101 Å². The van der Waals surface area contributed by atoms with Gasteiger partial charge in [0.25, 0.3) is 0 Å². The molecule has 0 spiro atoms. The van der Waals surface area contributed by atoms with E-state index in [4.69, 9.17) is 0 Å². The summed E-state index contributed by atoms with van der Waals surface area (Å²) in [5.74, 6) is 0.0913. The van der Waals surface area contributed by atoms with Crippen molar-refractivity contribution >= 4 is 20.9 Å². The fourth-order valence-electron chi connectivity index (χ4n) is 1.51. The fraction of sp³-hybridized carbons (Fsp3) is 0.250. The molecular formula is C12H14N2O2S. The zero-order valence-corrected chi connectivity index (χ0v) is 10.4. The molecule has 4 nitrogen and oxygen atoms in total.